The molecule has 4 rings (SSSR count). The Morgan fingerprint density at radius 2 is 1.64 bits per heavy atom. The number of hydrogen-bond acceptors (Lipinski definition) is 3. The maximum Gasteiger partial charge on any atom is 0.243 e. The first-order valence-electron chi connectivity index (χ1n) is 8.44. The average molecular weight is 320 g/mol. The fourth-order valence-corrected chi connectivity index (χ4v) is 6.12. The highest BCUT2D eigenvalue weighted by Crippen LogP contribution is 2.46. The lowest BCUT2D eigenvalue weighted by atomic mass is 9.93. The van der Waals surface area contributed by atoms with Gasteiger partial charge in [0.15, 0.2) is 0 Å². The molecular formula is C17H24N2O2S. The Hall–Kier alpha value is -0.910. The largest absolute Gasteiger partial charge is 0.297 e. The normalized spacial score (nSPS) is 33.4. The van der Waals surface area contributed by atoms with Gasteiger partial charge in [-0.25, -0.2) is 8.42 Å². The molecule has 3 aliphatic rings. The summed E-state index contributed by atoms with van der Waals surface area (Å²) in [6, 6.07) is 9.54. The number of piperazine rings is 1. The van der Waals surface area contributed by atoms with Gasteiger partial charge in [0, 0.05) is 32.2 Å². The standard InChI is InChI=1S/C17H24N2O2S/c20-22(21,16-4-2-1-3-5-16)19-10-8-18(9-11-19)17-13-14-6-7-15(17)12-14/h1-5,14-15,17H,6-13H2/t14-,15+,17+/m0/s1. The second-order valence-corrected chi connectivity index (χ2v) is 8.93. The zero-order valence-corrected chi connectivity index (χ0v) is 13.7. The number of fused-ring (bicyclic) bond motifs is 2. The maximum absolute atomic E-state index is 12.7. The quantitative estimate of drug-likeness (QED) is 0.857. The molecule has 0 aromatic heterocycles. The summed E-state index contributed by atoms with van der Waals surface area (Å²) < 4.78 is 27.0. The molecule has 0 amide bonds. The van der Waals surface area contributed by atoms with Crippen LogP contribution in [-0.2, 0) is 10.0 Å². The molecule has 0 N–H and O–H groups in total. The van der Waals surface area contributed by atoms with Crippen LogP contribution in [0.1, 0.15) is 25.7 Å². The van der Waals surface area contributed by atoms with E-state index in [0.29, 0.717) is 18.0 Å². The Morgan fingerprint density at radius 1 is 0.909 bits per heavy atom. The van der Waals surface area contributed by atoms with Crippen molar-refractivity contribution in [2.24, 2.45) is 11.8 Å². The second kappa shape index (κ2) is 5.62. The summed E-state index contributed by atoms with van der Waals surface area (Å²) in [6.45, 7) is 3.04. The van der Waals surface area contributed by atoms with Crippen molar-refractivity contribution in [1.82, 2.24) is 9.21 Å². The highest BCUT2D eigenvalue weighted by molar-refractivity contribution is 7.89. The lowest BCUT2D eigenvalue weighted by Crippen LogP contribution is -2.53. The number of sulfonamides is 1. The lowest BCUT2D eigenvalue weighted by molar-refractivity contribution is 0.101. The van der Waals surface area contributed by atoms with E-state index in [2.05, 4.69) is 4.90 Å². The van der Waals surface area contributed by atoms with Gasteiger partial charge in [-0.05, 0) is 43.2 Å². The second-order valence-electron chi connectivity index (χ2n) is 7.00. The van der Waals surface area contributed by atoms with E-state index in [4.69, 9.17) is 0 Å². The summed E-state index contributed by atoms with van der Waals surface area (Å²) in [5, 5.41) is 0. The van der Waals surface area contributed by atoms with Gasteiger partial charge in [0.05, 0.1) is 4.90 Å². The maximum atomic E-state index is 12.7. The Balaban J connectivity index is 1.42. The smallest absolute Gasteiger partial charge is 0.243 e. The minimum Gasteiger partial charge on any atom is -0.297 e. The summed E-state index contributed by atoms with van der Waals surface area (Å²) in [5.74, 6) is 1.82. The van der Waals surface area contributed by atoms with Crippen LogP contribution in [0.15, 0.2) is 35.2 Å². The van der Waals surface area contributed by atoms with Gasteiger partial charge < -0.3 is 0 Å². The first kappa shape index (κ1) is 14.7. The molecule has 0 unspecified atom stereocenters. The van der Waals surface area contributed by atoms with Gasteiger partial charge >= 0.3 is 0 Å². The van der Waals surface area contributed by atoms with Crippen LogP contribution in [-0.4, -0.2) is 49.8 Å². The van der Waals surface area contributed by atoms with Gasteiger partial charge in [0.25, 0.3) is 0 Å². The number of nitrogens with zero attached hydrogens (tertiary/aromatic N) is 2. The van der Waals surface area contributed by atoms with Crippen LogP contribution in [0.25, 0.3) is 0 Å². The van der Waals surface area contributed by atoms with Gasteiger partial charge in [-0.3, -0.25) is 4.90 Å². The van der Waals surface area contributed by atoms with Crippen molar-refractivity contribution in [2.75, 3.05) is 26.2 Å². The molecular weight excluding hydrogens is 296 g/mol. The molecule has 1 aliphatic heterocycles. The zero-order valence-electron chi connectivity index (χ0n) is 12.9. The molecule has 4 nitrogen and oxygen atoms in total. The zero-order chi connectivity index (χ0) is 15.2. The third kappa shape index (κ3) is 2.49. The van der Waals surface area contributed by atoms with Gasteiger partial charge in [0.2, 0.25) is 10.0 Å². The minimum atomic E-state index is -3.31. The van der Waals surface area contributed by atoms with Crippen LogP contribution in [0.5, 0.6) is 0 Å². The van der Waals surface area contributed by atoms with Crippen molar-refractivity contribution < 1.29 is 8.42 Å². The van der Waals surface area contributed by atoms with Crippen molar-refractivity contribution in [3.8, 4) is 0 Å². The molecule has 2 bridgehead atoms. The summed E-state index contributed by atoms with van der Waals surface area (Å²) in [7, 11) is -3.31. The highest BCUT2D eigenvalue weighted by atomic mass is 32.2. The summed E-state index contributed by atoms with van der Waals surface area (Å²) >= 11 is 0. The lowest BCUT2D eigenvalue weighted by Gasteiger charge is -2.40. The van der Waals surface area contributed by atoms with E-state index in [0.717, 1.165) is 31.0 Å². The third-order valence-electron chi connectivity index (χ3n) is 5.82. The molecule has 2 aliphatic carbocycles. The van der Waals surface area contributed by atoms with Crippen molar-refractivity contribution in [1.29, 1.82) is 0 Å². The van der Waals surface area contributed by atoms with Crippen molar-refractivity contribution in [3.63, 3.8) is 0 Å². The third-order valence-corrected chi connectivity index (χ3v) is 7.74. The number of hydrogen-bond donors (Lipinski definition) is 0. The minimum absolute atomic E-state index is 0.420. The number of benzene rings is 1. The molecule has 22 heavy (non-hydrogen) atoms. The Kier molecular flexibility index (Phi) is 3.75. The summed E-state index contributed by atoms with van der Waals surface area (Å²) in [5.41, 5.74) is 0. The van der Waals surface area contributed by atoms with E-state index >= 15 is 0 Å². The molecule has 3 fully saturated rings. The predicted octanol–water partition coefficient (Wildman–Crippen LogP) is 2.18. The van der Waals surface area contributed by atoms with Gasteiger partial charge in [0.1, 0.15) is 0 Å². The molecule has 0 radical (unpaired) electrons. The fraction of sp³-hybridized carbons (Fsp3) is 0.647. The molecule has 1 aromatic rings. The van der Waals surface area contributed by atoms with Gasteiger partial charge in [-0.1, -0.05) is 24.6 Å². The first-order chi connectivity index (χ1) is 10.6. The van der Waals surface area contributed by atoms with Crippen LogP contribution in [0.4, 0.5) is 0 Å². The van der Waals surface area contributed by atoms with E-state index in [1.54, 1.807) is 28.6 Å². The van der Waals surface area contributed by atoms with Crippen LogP contribution in [0, 0.1) is 11.8 Å². The highest BCUT2D eigenvalue weighted by Gasteiger charge is 2.43. The predicted molar refractivity (Wildman–Crippen MR) is 86.0 cm³/mol. The van der Waals surface area contributed by atoms with Crippen LogP contribution < -0.4 is 0 Å². The molecule has 1 aromatic carbocycles. The first-order valence-corrected chi connectivity index (χ1v) is 9.88. The summed E-state index contributed by atoms with van der Waals surface area (Å²) in [4.78, 5) is 2.98. The summed E-state index contributed by atoms with van der Waals surface area (Å²) in [6.07, 6.45) is 5.56. The Labute approximate surface area is 133 Å². The molecule has 1 heterocycles. The number of rotatable bonds is 3. The van der Waals surface area contributed by atoms with E-state index < -0.39 is 10.0 Å². The van der Waals surface area contributed by atoms with E-state index in [-0.39, 0.29) is 0 Å². The molecule has 1 saturated heterocycles. The van der Waals surface area contributed by atoms with Crippen molar-refractivity contribution >= 4 is 10.0 Å². The average Bonchev–Trinajstić information content (AvgIpc) is 3.19. The van der Waals surface area contributed by atoms with Crippen LogP contribution >= 0.6 is 0 Å². The van der Waals surface area contributed by atoms with Crippen molar-refractivity contribution in [2.45, 2.75) is 36.6 Å². The van der Waals surface area contributed by atoms with Crippen LogP contribution in [0.3, 0.4) is 0 Å². The molecule has 120 valence electrons. The monoisotopic (exact) mass is 320 g/mol. The molecule has 5 heteroatoms. The molecule has 0 spiro atoms. The van der Waals surface area contributed by atoms with E-state index in [1.807, 2.05) is 6.07 Å². The van der Waals surface area contributed by atoms with Crippen LogP contribution in [0.2, 0.25) is 0 Å². The Bertz CT molecular complexity index is 623. The van der Waals surface area contributed by atoms with E-state index in [9.17, 15) is 8.42 Å². The van der Waals surface area contributed by atoms with E-state index in [1.165, 1.54) is 25.7 Å². The SMILES string of the molecule is O=S(=O)(c1ccccc1)N1CCN([C@@H]2C[C@H]3CC[C@@H]2C3)CC1. The van der Waals surface area contributed by atoms with Gasteiger partial charge in [-0.2, -0.15) is 4.31 Å². The van der Waals surface area contributed by atoms with Crippen molar-refractivity contribution in [3.05, 3.63) is 30.3 Å². The topological polar surface area (TPSA) is 40.6 Å². The molecule has 3 atom stereocenters. The van der Waals surface area contributed by atoms with Gasteiger partial charge in [-0.15, -0.1) is 0 Å². The fourth-order valence-electron chi connectivity index (χ4n) is 4.68. The molecule has 2 saturated carbocycles. The Morgan fingerprint density at radius 3 is 2.23 bits per heavy atom.